The van der Waals surface area contributed by atoms with Crippen LogP contribution in [0.2, 0.25) is 0 Å². The zero-order valence-corrected chi connectivity index (χ0v) is 10.6. The van der Waals surface area contributed by atoms with E-state index in [4.69, 9.17) is 16.3 Å². The van der Waals surface area contributed by atoms with Crippen molar-refractivity contribution in [3.8, 4) is 0 Å². The summed E-state index contributed by atoms with van der Waals surface area (Å²) in [5.41, 5.74) is 0. The van der Waals surface area contributed by atoms with Gasteiger partial charge in [-0.05, 0) is 39.2 Å². The van der Waals surface area contributed by atoms with Gasteiger partial charge in [0.25, 0.3) is 0 Å². The first-order chi connectivity index (χ1) is 7.38. The van der Waals surface area contributed by atoms with Gasteiger partial charge >= 0.3 is 0 Å². The normalized spacial score (nSPS) is 23.2. The molecule has 0 spiro atoms. The number of nitrogens with zero attached hydrogens (tertiary/aromatic N) is 1. The van der Waals surface area contributed by atoms with Gasteiger partial charge in [0.05, 0.1) is 0 Å². The fourth-order valence-electron chi connectivity index (χ4n) is 2.32. The lowest BCUT2D eigenvalue weighted by Gasteiger charge is -2.35. The van der Waals surface area contributed by atoms with Crippen LogP contribution in [0.15, 0.2) is 0 Å². The molecular formula is C12H24ClNO. The molecule has 1 saturated heterocycles. The average Bonchev–Trinajstić information content (AvgIpc) is 2.27. The van der Waals surface area contributed by atoms with Crippen LogP contribution in [0.5, 0.6) is 0 Å². The van der Waals surface area contributed by atoms with Crippen molar-refractivity contribution in [2.24, 2.45) is 0 Å². The Morgan fingerprint density at radius 3 is 3.00 bits per heavy atom. The summed E-state index contributed by atoms with van der Waals surface area (Å²) in [4.78, 5) is 2.60. The van der Waals surface area contributed by atoms with Crippen LogP contribution in [0, 0.1) is 0 Å². The Morgan fingerprint density at radius 1 is 1.40 bits per heavy atom. The summed E-state index contributed by atoms with van der Waals surface area (Å²) in [5.74, 6) is 0.798. The Balaban J connectivity index is 2.17. The molecule has 0 aliphatic carbocycles. The largest absolute Gasteiger partial charge is 0.382 e. The fraction of sp³-hybridized carbons (Fsp3) is 1.00. The predicted octanol–water partition coefficient (Wildman–Crippen LogP) is 2.90. The van der Waals surface area contributed by atoms with Crippen molar-refractivity contribution < 1.29 is 4.74 Å². The first-order valence-corrected chi connectivity index (χ1v) is 6.79. The van der Waals surface area contributed by atoms with Gasteiger partial charge in [-0.3, -0.25) is 0 Å². The maximum atomic E-state index is 5.83. The molecule has 1 heterocycles. The monoisotopic (exact) mass is 233 g/mol. The van der Waals surface area contributed by atoms with E-state index in [1.807, 2.05) is 0 Å². The zero-order valence-electron chi connectivity index (χ0n) is 9.88. The molecule has 1 unspecified atom stereocenters. The van der Waals surface area contributed by atoms with Gasteiger partial charge in [-0.25, -0.2) is 0 Å². The summed E-state index contributed by atoms with van der Waals surface area (Å²) in [7, 11) is 0. The van der Waals surface area contributed by atoms with Crippen LogP contribution >= 0.6 is 11.6 Å². The van der Waals surface area contributed by atoms with E-state index in [9.17, 15) is 0 Å². The van der Waals surface area contributed by atoms with Gasteiger partial charge in [-0.15, -0.1) is 11.6 Å². The maximum absolute atomic E-state index is 5.83. The minimum atomic E-state index is 0.734. The highest BCUT2D eigenvalue weighted by molar-refractivity contribution is 6.17. The van der Waals surface area contributed by atoms with Crippen molar-refractivity contribution in [2.45, 2.75) is 45.1 Å². The van der Waals surface area contributed by atoms with E-state index in [1.54, 1.807) is 0 Å². The van der Waals surface area contributed by atoms with Gasteiger partial charge in [0.1, 0.15) is 0 Å². The number of piperidine rings is 1. The minimum Gasteiger partial charge on any atom is -0.382 e. The second-order valence-electron chi connectivity index (χ2n) is 4.21. The van der Waals surface area contributed by atoms with Gasteiger partial charge in [0.2, 0.25) is 0 Å². The zero-order chi connectivity index (χ0) is 10.9. The van der Waals surface area contributed by atoms with Crippen molar-refractivity contribution >= 4 is 11.6 Å². The lowest BCUT2D eigenvalue weighted by molar-refractivity contribution is 0.104. The number of hydrogen-bond donors (Lipinski definition) is 0. The third-order valence-electron chi connectivity index (χ3n) is 3.13. The summed E-state index contributed by atoms with van der Waals surface area (Å²) in [6.45, 7) is 6.23. The number of hydrogen-bond acceptors (Lipinski definition) is 2. The Kier molecular flexibility index (Phi) is 7.41. The first kappa shape index (κ1) is 13.3. The standard InChI is InChI=1S/C12H24ClNO/c1-2-15-11-5-10-14-9-4-3-6-12(14)7-8-13/h12H,2-11H2,1H3. The van der Waals surface area contributed by atoms with Gasteiger partial charge in [-0.1, -0.05) is 6.42 Å². The summed E-state index contributed by atoms with van der Waals surface area (Å²) in [6.07, 6.45) is 6.38. The second kappa shape index (κ2) is 8.37. The molecule has 0 aromatic heterocycles. The summed E-state index contributed by atoms with van der Waals surface area (Å²) >= 11 is 5.83. The van der Waals surface area contributed by atoms with Crippen LogP contribution < -0.4 is 0 Å². The summed E-state index contributed by atoms with van der Waals surface area (Å²) in [5, 5.41) is 0. The molecule has 2 nitrogen and oxygen atoms in total. The molecule has 15 heavy (non-hydrogen) atoms. The van der Waals surface area contributed by atoms with Crippen LogP contribution in [0.3, 0.4) is 0 Å². The molecule has 0 saturated carbocycles. The van der Waals surface area contributed by atoms with E-state index in [1.165, 1.54) is 32.4 Å². The molecule has 0 aromatic rings. The molecule has 1 rings (SSSR count). The molecule has 1 aliphatic heterocycles. The third kappa shape index (κ3) is 5.19. The van der Waals surface area contributed by atoms with Crippen molar-refractivity contribution in [3.63, 3.8) is 0 Å². The van der Waals surface area contributed by atoms with Crippen LogP contribution in [0.4, 0.5) is 0 Å². The number of ether oxygens (including phenoxy) is 1. The Morgan fingerprint density at radius 2 is 2.27 bits per heavy atom. The lowest BCUT2D eigenvalue weighted by atomic mass is 10.00. The Bertz CT molecular complexity index is 153. The molecule has 0 amide bonds. The molecule has 0 radical (unpaired) electrons. The Hall–Kier alpha value is 0.210. The van der Waals surface area contributed by atoms with Crippen molar-refractivity contribution in [2.75, 3.05) is 32.2 Å². The van der Waals surface area contributed by atoms with Gasteiger partial charge in [0, 0.05) is 31.7 Å². The smallest absolute Gasteiger partial charge is 0.0478 e. The third-order valence-corrected chi connectivity index (χ3v) is 3.35. The second-order valence-corrected chi connectivity index (χ2v) is 4.59. The predicted molar refractivity (Wildman–Crippen MR) is 65.7 cm³/mol. The summed E-state index contributed by atoms with van der Waals surface area (Å²) in [6, 6.07) is 0.734. The molecule has 3 heteroatoms. The average molecular weight is 234 g/mol. The molecule has 1 atom stereocenters. The van der Waals surface area contributed by atoms with Crippen LogP contribution in [-0.4, -0.2) is 43.1 Å². The number of rotatable bonds is 7. The molecule has 90 valence electrons. The summed E-state index contributed by atoms with van der Waals surface area (Å²) < 4.78 is 5.37. The van der Waals surface area contributed by atoms with Crippen LogP contribution in [0.25, 0.3) is 0 Å². The first-order valence-electron chi connectivity index (χ1n) is 6.26. The van der Waals surface area contributed by atoms with Gasteiger partial charge < -0.3 is 9.64 Å². The quantitative estimate of drug-likeness (QED) is 0.495. The lowest BCUT2D eigenvalue weighted by Crippen LogP contribution is -2.40. The van der Waals surface area contributed by atoms with E-state index in [0.29, 0.717) is 0 Å². The number of likely N-dealkylation sites (tertiary alicyclic amines) is 1. The minimum absolute atomic E-state index is 0.734. The van der Waals surface area contributed by atoms with Crippen molar-refractivity contribution in [1.29, 1.82) is 0 Å². The molecule has 0 N–H and O–H groups in total. The van der Waals surface area contributed by atoms with E-state index < -0.39 is 0 Å². The number of alkyl halides is 1. The van der Waals surface area contributed by atoms with E-state index >= 15 is 0 Å². The van der Waals surface area contributed by atoms with E-state index in [-0.39, 0.29) is 0 Å². The molecule has 1 fully saturated rings. The highest BCUT2D eigenvalue weighted by Crippen LogP contribution is 2.20. The number of halogens is 1. The fourth-order valence-corrected chi connectivity index (χ4v) is 2.57. The maximum Gasteiger partial charge on any atom is 0.0478 e. The highest BCUT2D eigenvalue weighted by Gasteiger charge is 2.20. The van der Waals surface area contributed by atoms with Crippen LogP contribution in [0.1, 0.15) is 39.0 Å². The van der Waals surface area contributed by atoms with E-state index in [0.717, 1.165) is 38.0 Å². The van der Waals surface area contributed by atoms with Crippen molar-refractivity contribution in [3.05, 3.63) is 0 Å². The Labute approximate surface area is 98.9 Å². The van der Waals surface area contributed by atoms with Crippen LogP contribution in [-0.2, 0) is 4.74 Å². The van der Waals surface area contributed by atoms with Gasteiger partial charge in [0.15, 0.2) is 0 Å². The SMILES string of the molecule is CCOCCCN1CCCCC1CCCl. The van der Waals surface area contributed by atoms with Crippen molar-refractivity contribution in [1.82, 2.24) is 4.90 Å². The van der Waals surface area contributed by atoms with E-state index in [2.05, 4.69) is 11.8 Å². The molecule has 0 bridgehead atoms. The van der Waals surface area contributed by atoms with Gasteiger partial charge in [-0.2, -0.15) is 0 Å². The molecule has 1 aliphatic rings. The topological polar surface area (TPSA) is 12.5 Å². The molecular weight excluding hydrogens is 210 g/mol. The molecule has 0 aromatic carbocycles. The highest BCUT2D eigenvalue weighted by atomic mass is 35.5.